The van der Waals surface area contributed by atoms with Crippen molar-refractivity contribution in [2.45, 2.75) is 19.3 Å². The summed E-state index contributed by atoms with van der Waals surface area (Å²) in [5.74, 6) is -0.409. The standard InChI is InChI=1S/C15H14N2O4/c1-2-21-15(18)12(7-8-16)14-9-13(14)10-3-5-11(6-4-10)17(19)20/h3-7,13-14H,2,9H2,1H3/b12-7-/t13-,14-/m0/s1. The Morgan fingerprint density at radius 1 is 1.52 bits per heavy atom. The van der Waals surface area contributed by atoms with E-state index in [2.05, 4.69) is 0 Å². The van der Waals surface area contributed by atoms with Crippen LogP contribution in [0.15, 0.2) is 35.9 Å². The summed E-state index contributed by atoms with van der Waals surface area (Å²) in [5.41, 5.74) is 1.34. The quantitative estimate of drug-likeness (QED) is 0.273. The maximum atomic E-state index is 11.8. The van der Waals surface area contributed by atoms with Gasteiger partial charge in [0.2, 0.25) is 0 Å². The molecule has 108 valence electrons. The minimum Gasteiger partial charge on any atom is -0.463 e. The number of allylic oxidation sites excluding steroid dienone is 1. The third-order valence-corrected chi connectivity index (χ3v) is 3.45. The highest BCUT2D eigenvalue weighted by Crippen LogP contribution is 2.52. The van der Waals surface area contributed by atoms with Crippen molar-refractivity contribution in [2.24, 2.45) is 5.92 Å². The molecule has 1 fully saturated rings. The van der Waals surface area contributed by atoms with Gasteiger partial charge >= 0.3 is 5.97 Å². The second kappa shape index (κ2) is 6.18. The van der Waals surface area contributed by atoms with E-state index in [1.54, 1.807) is 19.1 Å². The van der Waals surface area contributed by atoms with Crippen LogP contribution >= 0.6 is 0 Å². The molecule has 21 heavy (non-hydrogen) atoms. The minimum absolute atomic E-state index is 0.0362. The molecule has 0 unspecified atom stereocenters. The predicted octanol–water partition coefficient (Wildman–Crippen LogP) is 2.71. The van der Waals surface area contributed by atoms with Crippen LogP contribution in [0.3, 0.4) is 0 Å². The van der Waals surface area contributed by atoms with E-state index in [4.69, 9.17) is 10.00 Å². The third-order valence-electron chi connectivity index (χ3n) is 3.45. The Morgan fingerprint density at radius 3 is 2.71 bits per heavy atom. The average molecular weight is 286 g/mol. The summed E-state index contributed by atoms with van der Waals surface area (Å²) in [6, 6.07) is 8.15. The van der Waals surface area contributed by atoms with Gasteiger partial charge in [0.05, 0.1) is 23.2 Å². The number of carbonyl (C=O) groups is 1. The first kappa shape index (κ1) is 14.7. The monoisotopic (exact) mass is 286 g/mol. The summed E-state index contributed by atoms with van der Waals surface area (Å²) < 4.78 is 4.95. The lowest BCUT2D eigenvalue weighted by Gasteiger charge is -2.05. The molecular formula is C15H14N2O4. The summed E-state index contributed by atoms with van der Waals surface area (Å²) in [4.78, 5) is 22.0. The Balaban J connectivity index is 2.12. The number of ether oxygens (including phenoxy) is 1. The van der Waals surface area contributed by atoms with Gasteiger partial charge in [0.25, 0.3) is 5.69 Å². The first-order valence-corrected chi connectivity index (χ1v) is 6.59. The van der Waals surface area contributed by atoms with Gasteiger partial charge in [-0.25, -0.2) is 4.79 Å². The molecule has 1 aromatic carbocycles. The van der Waals surface area contributed by atoms with Gasteiger partial charge in [-0.3, -0.25) is 10.1 Å². The normalized spacial score (nSPS) is 20.5. The lowest BCUT2D eigenvalue weighted by molar-refractivity contribution is -0.384. The van der Waals surface area contributed by atoms with Crippen molar-refractivity contribution >= 4 is 11.7 Å². The molecule has 1 aliphatic carbocycles. The average Bonchev–Trinajstić information content (AvgIpc) is 3.25. The van der Waals surface area contributed by atoms with Crippen molar-refractivity contribution < 1.29 is 14.5 Å². The number of esters is 1. The molecule has 0 radical (unpaired) electrons. The number of rotatable bonds is 5. The van der Waals surface area contributed by atoms with Crippen molar-refractivity contribution in [3.63, 3.8) is 0 Å². The van der Waals surface area contributed by atoms with Crippen LogP contribution in [-0.4, -0.2) is 17.5 Å². The van der Waals surface area contributed by atoms with E-state index in [1.165, 1.54) is 18.2 Å². The molecule has 6 nitrogen and oxygen atoms in total. The molecule has 6 heteroatoms. The Morgan fingerprint density at radius 2 is 2.19 bits per heavy atom. The maximum Gasteiger partial charge on any atom is 0.335 e. The number of non-ortho nitro benzene ring substituents is 1. The summed E-state index contributed by atoms with van der Waals surface area (Å²) in [6.45, 7) is 1.97. The molecule has 0 saturated heterocycles. The Hall–Kier alpha value is -2.68. The van der Waals surface area contributed by atoms with Gasteiger partial charge in [0.15, 0.2) is 0 Å². The maximum absolute atomic E-state index is 11.8. The second-order valence-corrected chi connectivity index (χ2v) is 4.75. The van der Waals surface area contributed by atoms with E-state index in [1.807, 2.05) is 6.07 Å². The lowest BCUT2D eigenvalue weighted by atomic mass is 10.0. The van der Waals surface area contributed by atoms with Crippen molar-refractivity contribution in [3.05, 3.63) is 51.6 Å². The van der Waals surface area contributed by atoms with E-state index in [0.29, 0.717) is 5.57 Å². The van der Waals surface area contributed by atoms with Crippen LogP contribution in [0.2, 0.25) is 0 Å². The fourth-order valence-corrected chi connectivity index (χ4v) is 2.35. The zero-order valence-electron chi connectivity index (χ0n) is 11.5. The molecule has 1 aliphatic rings. The smallest absolute Gasteiger partial charge is 0.335 e. The molecule has 0 aromatic heterocycles. The molecule has 2 atom stereocenters. The number of carbonyl (C=O) groups excluding carboxylic acids is 1. The topological polar surface area (TPSA) is 93.2 Å². The fourth-order valence-electron chi connectivity index (χ4n) is 2.35. The number of nitrogens with zero attached hydrogens (tertiary/aromatic N) is 2. The van der Waals surface area contributed by atoms with Gasteiger partial charge in [-0.1, -0.05) is 12.1 Å². The minimum atomic E-state index is -0.464. The number of hydrogen-bond donors (Lipinski definition) is 0. The van der Waals surface area contributed by atoms with Crippen LogP contribution < -0.4 is 0 Å². The van der Waals surface area contributed by atoms with Crippen LogP contribution in [0.5, 0.6) is 0 Å². The zero-order valence-corrected chi connectivity index (χ0v) is 11.5. The zero-order chi connectivity index (χ0) is 15.4. The summed E-state index contributed by atoms with van der Waals surface area (Å²) >= 11 is 0. The van der Waals surface area contributed by atoms with Crippen molar-refractivity contribution in [2.75, 3.05) is 6.61 Å². The Kier molecular flexibility index (Phi) is 4.33. The summed E-state index contributed by atoms with van der Waals surface area (Å²) in [6.07, 6.45) is 1.97. The largest absolute Gasteiger partial charge is 0.463 e. The molecule has 1 saturated carbocycles. The molecule has 2 rings (SSSR count). The predicted molar refractivity (Wildman–Crippen MR) is 74.3 cm³/mol. The highest BCUT2D eigenvalue weighted by atomic mass is 16.6. The fraction of sp³-hybridized carbons (Fsp3) is 0.333. The van der Waals surface area contributed by atoms with Gasteiger partial charge < -0.3 is 4.74 Å². The van der Waals surface area contributed by atoms with Crippen LogP contribution in [0.1, 0.15) is 24.8 Å². The molecule has 1 aromatic rings. The first-order valence-electron chi connectivity index (χ1n) is 6.59. The molecular weight excluding hydrogens is 272 g/mol. The van der Waals surface area contributed by atoms with Crippen LogP contribution in [0.4, 0.5) is 5.69 Å². The van der Waals surface area contributed by atoms with E-state index >= 15 is 0 Å². The van der Waals surface area contributed by atoms with Gasteiger partial charge in [-0.05, 0) is 30.7 Å². The van der Waals surface area contributed by atoms with Crippen LogP contribution in [0.25, 0.3) is 0 Å². The molecule has 0 spiro atoms. The Bertz CT molecular complexity index is 628. The first-order chi connectivity index (χ1) is 10.1. The molecule has 0 N–H and O–H groups in total. The van der Waals surface area contributed by atoms with Gasteiger partial charge in [0.1, 0.15) is 0 Å². The number of nitro groups is 1. The number of nitriles is 1. The second-order valence-electron chi connectivity index (χ2n) is 4.75. The third kappa shape index (κ3) is 3.26. The number of hydrogen-bond acceptors (Lipinski definition) is 5. The van der Waals surface area contributed by atoms with Gasteiger partial charge in [-0.15, -0.1) is 0 Å². The number of nitro benzene ring substituents is 1. The van der Waals surface area contributed by atoms with Crippen molar-refractivity contribution in [1.82, 2.24) is 0 Å². The van der Waals surface area contributed by atoms with E-state index in [-0.39, 0.29) is 24.1 Å². The number of benzene rings is 1. The molecule has 0 amide bonds. The molecule has 0 heterocycles. The van der Waals surface area contributed by atoms with Gasteiger partial charge in [0, 0.05) is 18.2 Å². The van der Waals surface area contributed by atoms with Crippen molar-refractivity contribution in [1.29, 1.82) is 5.26 Å². The van der Waals surface area contributed by atoms with E-state index in [0.717, 1.165) is 12.0 Å². The van der Waals surface area contributed by atoms with E-state index < -0.39 is 10.9 Å². The highest BCUT2D eigenvalue weighted by Gasteiger charge is 2.43. The van der Waals surface area contributed by atoms with Crippen LogP contribution in [0, 0.1) is 27.4 Å². The molecule has 0 bridgehead atoms. The Labute approximate surface area is 121 Å². The van der Waals surface area contributed by atoms with Gasteiger partial charge in [-0.2, -0.15) is 5.26 Å². The molecule has 0 aliphatic heterocycles. The highest BCUT2D eigenvalue weighted by molar-refractivity contribution is 5.90. The van der Waals surface area contributed by atoms with Crippen molar-refractivity contribution in [3.8, 4) is 6.07 Å². The summed E-state index contributed by atoms with van der Waals surface area (Å²) in [7, 11) is 0. The summed E-state index contributed by atoms with van der Waals surface area (Å²) in [5, 5.41) is 19.4. The SMILES string of the molecule is CCOC(=O)/C(=C\C#N)[C@@H]1C[C@H]1c1ccc([N+](=O)[O-])cc1. The van der Waals surface area contributed by atoms with Crippen LogP contribution in [-0.2, 0) is 9.53 Å². The lowest BCUT2D eigenvalue weighted by Crippen LogP contribution is -2.09. The van der Waals surface area contributed by atoms with E-state index in [9.17, 15) is 14.9 Å².